The highest BCUT2D eigenvalue weighted by molar-refractivity contribution is 9.10. The average Bonchev–Trinajstić information content (AvgIpc) is 2.19. The zero-order chi connectivity index (χ0) is 10.6. The van der Waals surface area contributed by atoms with Crippen LogP contribution in [0.3, 0.4) is 0 Å². The van der Waals surface area contributed by atoms with Crippen molar-refractivity contribution in [1.29, 1.82) is 0 Å². The zero-order valence-corrected chi connectivity index (χ0v) is 9.37. The van der Waals surface area contributed by atoms with E-state index in [1.54, 1.807) is 0 Å². The molecule has 4 nitrogen and oxygen atoms in total. The van der Waals surface area contributed by atoms with Crippen LogP contribution in [0.1, 0.15) is 5.56 Å². The van der Waals surface area contributed by atoms with Gasteiger partial charge in [0, 0.05) is 10.2 Å². The van der Waals surface area contributed by atoms with Crippen molar-refractivity contribution in [2.24, 2.45) is 10.9 Å². The summed E-state index contributed by atoms with van der Waals surface area (Å²) in [5.41, 5.74) is 7.41. The second-order valence-corrected chi connectivity index (χ2v) is 3.82. The first-order valence-corrected chi connectivity index (χ1v) is 4.89. The summed E-state index contributed by atoms with van der Waals surface area (Å²) >= 11 is 3.37. The van der Waals surface area contributed by atoms with Gasteiger partial charge in [-0.15, -0.1) is 0 Å². The van der Waals surface area contributed by atoms with E-state index in [9.17, 15) is 0 Å². The lowest BCUT2D eigenvalue weighted by molar-refractivity contribution is 0.317. The largest absolute Gasteiger partial charge is 0.409 e. The fourth-order valence-electron chi connectivity index (χ4n) is 1.01. The Bertz CT molecular complexity index is 352. The molecule has 1 rings (SSSR count). The normalized spacial score (nSPS) is 11.4. The zero-order valence-electron chi connectivity index (χ0n) is 7.79. The molecule has 0 fully saturated rings. The highest BCUT2D eigenvalue weighted by atomic mass is 79.9. The molecule has 0 aliphatic heterocycles. The van der Waals surface area contributed by atoms with Gasteiger partial charge in [-0.1, -0.05) is 27.2 Å². The third-order valence-electron chi connectivity index (χ3n) is 1.79. The van der Waals surface area contributed by atoms with Gasteiger partial charge >= 0.3 is 0 Å². The lowest BCUT2D eigenvalue weighted by Crippen LogP contribution is -2.22. The molecule has 0 unspecified atom stereocenters. The van der Waals surface area contributed by atoms with Crippen LogP contribution in [0, 0.1) is 6.92 Å². The number of anilines is 1. The number of benzene rings is 1. The number of hydrogen-bond acceptors (Lipinski definition) is 3. The van der Waals surface area contributed by atoms with Crippen LogP contribution in [0.5, 0.6) is 0 Å². The van der Waals surface area contributed by atoms with E-state index < -0.39 is 0 Å². The van der Waals surface area contributed by atoms with E-state index >= 15 is 0 Å². The maximum Gasteiger partial charge on any atom is 0.158 e. The summed E-state index contributed by atoms with van der Waals surface area (Å²) in [4.78, 5) is 0. The van der Waals surface area contributed by atoms with Crippen LogP contribution >= 0.6 is 15.9 Å². The van der Waals surface area contributed by atoms with Crippen molar-refractivity contribution in [2.75, 3.05) is 11.9 Å². The Balaban J connectivity index is 2.71. The molecule has 5 heteroatoms. The summed E-state index contributed by atoms with van der Waals surface area (Å²) in [7, 11) is 0. The highest BCUT2D eigenvalue weighted by Crippen LogP contribution is 2.20. The summed E-state index contributed by atoms with van der Waals surface area (Å²) < 4.78 is 0.991. The molecule has 0 atom stereocenters. The van der Waals surface area contributed by atoms with Gasteiger partial charge in [0.15, 0.2) is 5.84 Å². The molecule has 76 valence electrons. The van der Waals surface area contributed by atoms with Crippen molar-refractivity contribution in [3.8, 4) is 0 Å². The van der Waals surface area contributed by atoms with Gasteiger partial charge in [0.2, 0.25) is 0 Å². The fourth-order valence-corrected chi connectivity index (χ4v) is 1.37. The predicted octanol–water partition coefficient (Wildman–Crippen LogP) is 1.92. The maximum absolute atomic E-state index is 8.35. The SMILES string of the molecule is Cc1ccc(Br)cc1NCC(N)=NO. The van der Waals surface area contributed by atoms with Gasteiger partial charge < -0.3 is 16.3 Å². The van der Waals surface area contributed by atoms with Crippen LogP contribution in [-0.4, -0.2) is 17.6 Å². The Morgan fingerprint density at radius 3 is 3.00 bits per heavy atom. The molecule has 1 aromatic rings. The van der Waals surface area contributed by atoms with E-state index in [-0.39, 0.29) is 5.84 Å². The number of halogens is 1. The Morgan fingerprint density at radius 2 is 2.36 bits per heavy atom. The van der Waals surface area contributed by atoms with Crippen LogP contribution in [-0.2, 0) is 0 Å². The van der Waals surface area contributed by atoms with E-state index in [1.807, 2.05) is 25.1 Å². The number of oxime groups is 1. The Hall–Kier alpha value is -1.23. The molecular weight excluding hydrogens is 246 g/mol. The quantitative estimate of drug-likeness (QED) is 0.335. The van der Waals surface area contributed by atoms with Crippen LogP contribution < -0.4 is 11.1 Å². The minimum atomic E-state index is 0.157. The smallest absolute Gasteiger partial charge is 0.158 e. The van der Waals surface area contributed by atoms with Crippen molar-refractivity contribution in [3.63, 3.8) is 0 Å². The number of aryl methyl sites for hydroxylation is 1. The van der Waals surface area contributed by atoms with Gasteiger partial charge in [0.1, 0.15) is 0 Å². The molecule has 0 amide bonds. The van der Waals surface area contributed by atoms with Gasteiger partial charge in [-0.25, -0.2) is 0 Å². The molecule has 0 saturated heterocycles. The summed E-state index contributed by atoms with van der Waals surface area (Å²) in [6.07, 6.45) is 0. The van der Waals surface area contributed by atoms with E-state index in [2.05, 4.69) is 26.4 Å². The Morgan fingerprint density at radius 1 is 1.64 bits per heavy atom. The highest BCUT2D eigenvalue weighted by Gasteiger charge is 1.99. The van der Waals surface area contributed by atoms with Crippen molar-refractivity contribution >= 4 is 27.5 Å². The number of hydrogen-bond donors (Lipinski definition) is 3. The molecule has 0 bridgehead atoms. The summed E-state index contributed by atoms with van der Waals surface area (Å²) in [5, 5.41) is 14.3. The molecule has 14 heavy (non-hydrogen) atoms. The third-order valence-corrected chi connectivity index (χ3v) is 2.28. The molecule has 0 spiro atoms. The molecule has 0 aromatic heterocycles. The molecule has 0 radical (unpaired) electrons. The fraction of sp³-hybridized carbons (Fsp3) is 0.222. The second kappa shape index (κ2) is 4.85. The lowest BCUT2D eigenvalue weighted by Gasteiger charge is -2.08. The molecular formula is C9H12BrN3O. The second-order valence-electron chi connectivity index (χ2n) is 2.90. The van der Waals surface area contributed by atoms with Crippen LogP contribution in [0.15, 0.2) is 27.8 Å². The van der Waals surface area contributed by atoms with E-state index in [0.717, 1.165) is 15.7 Å². The minimum absolute atomic E-state index is 0.157. The van der Waals surface area contributed by atoms with Gasteiger partial charge in [-0.2, -0.15) is 0 Å². The van der Waals surface area contributed by atoms with Crippen molar-refractivity contribution in [2.45, 2.75) is 6.92 Å². The summed E-state index contributed by atoms with van der Waals surface area (Å²) in [6, 6.07) is 5.89. The molecule has 4 N–H and O–H groups in total. The van der Waals surface area contributed by atoms with Crippen LogP contribution in [0.4, 0.5) is 5.69 Å². The number of rotatable bonds is 3. The number of nitrogens with two attached hydrogens (primary N) is 1. The molecule has 0 aliphatic carbocycles. The first-order chi connectivity index (χ1) is 6.63. The monoisotopic (exact) mass is 257 g/mol. The van der Waals surface area contributed by atoms with E-state index in [1.165, 1.54) is 0 Å². The molecule has 1 aromatic carbocycles. The van der Waals surface area contributed by atoms with Gasteiger partial charge in [-0.05, 0) is 24.6 Å². The lowest BCUT2D eigenvalue weighted by atomic mass is 10.2. The van der Waals surface area contributed by atoms with E-state index in [4.69, 9.17) is 10.9 Å². The first-order valence-electron chi connectivity index (χ1n) is 4.10. The molecule has 0 saturated carbocycles. The molecule has 0 heterocycles. The number of nitrogens with zero attached hydrogens (tertiary/aromatic N) is 1. The van der Waals surface area contributed by atoms with Gasteiger partial charge in [-0.3, -0.25) is 0 Å². The maximum atomic E-state index is 8.35. The Labute approximate surface area is 90.9 Å². The van der Waals surface area contributed by atoms with E-state index in [0.29, 0.717) is 6.54 Å². The predicted molar refractivity (Wildman–Crippen MR) is 60.8 cm³/mol. The van der Waals surface area contributed by atoms with Crippen molar-refractivity contribution in [3.05, 3.63) is 28.2 Å². The number of amidine groups is 1. The van der Waals surface area contributed by atoms with Crippen molar-refractivity contribution in [1.82, 2.24) is 0 Å². The number of nitrogens with one attached hydrogen (secondary N) is 1. The van der Waals surface area contributed by atoms with Crippen molar-refractivity contribution < 1.29 is 5.21 Å². The topological polar surface area (TPSA) is 70.6 Å². The third kappa shape index (κ3) is 2.92. The summed E-state index contributed by atoms with van der Waals surface area (Å²) in [5.74, 6) is 0.157. The average molecular weight is 258 g/mol. The minimum Gasteiger partial charge on any atom is -0.409 e. The summed E-state index contributed by atoms with van der Waals surface area (Å²) in [6.45, 7) is 2.31. The van der Waals surface area contributed by atoms with Gasteiger partial charge in [0.05, 0.1) is 6.54 Å². The van der Waals surface area contributed by atoms with Crippen LogP contribution in [0.25, 0.3) is 0 Å². The standard InChI is InChI=1S/C9H12BrN3O/c1-6-2-3-7(10)4-8(6)12-5-9(11)13-14/h2-4,12,14H,5H2,1H3,(H2,11,13). The Kier molecular flexibility index (Phi) is 3.76. The van der Waals surface area contributed by atoms with Crippen LogP contribution in [0.2, 0.25) is 0 Å². The first kappa shape index (κ1) is 10.8. The molecule has 0 aliphatic rings. The van der Waals surface area contributed by atoms with Gasteiger partial charge in [0.25, 0.3) is 0 Å².